The van der Waals surface area contributed by atoms with Gasteiger partial charge in [0.2, 0.25) is 0 Å². The first-order chi connectivity index (χ1) is 13.1. The summed E-state index contributed by atoms with van der Waals surface area (Å²) in [5.74, 6) is -0.530. The topological polar surface area (TPSA) is 181 Å². The van der Waals surface area contributed by atoms with Crippen LogP contribution in [-0.2, 0) is 23.4 Å². The van der Waals surface area contributed by atoms with Crippen molar-refractivity contribution in [2.75, 3.05) is 12.3 Å². The SMILES string of the molecule is CC(C)OC(=O)[C@H](C)N[P+](=O)OC[C@H]1O[C@@H](n2ccc(N)nc2=O)[C@H](N)[C@@H]1O. The minimum Gasteiger partial charge on any atom is -0.462 e. The van der Waals surface area contributed by atoms with Crippen molar-refractivity contribution < 1.29 is 28.5 Å². The Labute approximate surface area is 162 Å². The van der Waals surface area contributed by atoms with Gasteiger partial charge in [-0.15, -0.1) is 4.52 Å². The molecule has 0 spiro atoms. The molecule has 1 aromatic rings. The van der Waals surface area contributed by atoms with E-state index in [1.54, 1.807) is 13.8 Å². The normalized spacial score (nSPS) is 26.3. The average Bonchev–Trinajstić information content (AvgIpc) is 2.87. The summed E-state index contributed by atoms with van der Waals surface area (Å²) >= 11 is 0. The maximum atomic E-state index is 12.0. The van der Waals surface area contributed by atoms with Gasteiger partial charge in [-0.25, -0.2) is 4.79 Å². The van der Waals surface area contributed by atoms with Gasteiger partial charge in [0.05, 0.1) is 12.1 Å². The number of esters is 1. The smallest absolute Gasteiger partial charge is 0.462 e. The number of aliphatic hydroxyl groups is 1. The Bertz CT molecular complexity index is 773. The molecular weight excluding hydrogens is 393 g/mol. The second-order valence-electron chi connectivity index (χ2n) is 6.56. The van der Waals surface area contributed by atoms with Crippen LogP contribution in [0.15, 0.2) is 17.1 Å². The number of nitrogens with two attached hydrogens (primary N) is 2. The third-order valence-corrected chi connectivity index (χ3v) is 4.89. The van der Waals surface area contributed by atoms with Crippen LogP contribution in [0.1, 0.15) is 27.0 Å². The quantitative estimate of drug-likeness (QED) is 0.301. The number of anilines is 1. The van der Waals surface area contributed by atoms with E-state index in [4.69, 9.17) is 25.5 Å². The Morgan fingerprint density at radius 2 is 2.18 bits per heavy atom. The first-order valence-electron chi connectivity index (χ1n) is 8.60. The van der Waals surface area contributed by atoms with Gasteiger partial charge in [-0.1, -0.05) is 5.09 Å². The van der Waals surface area contributed by atoms with Crippen LogP contribution in [0.5, 0.6) is 0 Å². The molecule has 12 nitrogen and oxygen atoms in total. The van der Waals surface area contributed by atoms with E-state index in [1.165, 1.54) is 19.2 Å². The number of carbonyl (C=O) groups excluding carboxylic acids is 1. The minimum absolute atomic E-state index is 0.0430. The van der Waals surface area contributed by atoms with Crippen molar-refractivity contribution in [2.45, 2.75) is 57.4 Å². The molecule has 6 N–H and O–H groups in total. The standard InChI is InChI=1S/C15H24N5O7P/c1-7(2)26-14(22)8(3)19-28(24)25-6-9-12(21)11(17)13(27-9)20-5-4-10(16)18-15(20)23/h4-5,7-9,11-13,21H,6,17H2,1-3H3,(H2-,16,18,19,23,24)/p+1/t8-,9+,11+,12+,13+/m0/s1. The summed E-state index contributed by atoms with van der Waals surface area (Å²) in [6, 6.07) is -0.399. The van der Waals surface area contributed by atoms with Gasteiger partial charge in [0.15, 0.2) is 6.23 Å². The molecule has 28 heavy (non-hydrogen) atoms. The number of carbonyl (C=O) groups is 1. The Balaban J connectivity index is 1.91. The van der Waals surface area contributed by atoms with Crippen LogP contribution in [-0.4, -0.2) is 57.6 Å². The summed E-state index contributed by atoms with van der Waals surface area (Å²) in [5.41, 5.74) is 10.7. The fourth-order valence-electron chi connectivity index (χ4n) is 2.50. The lowest BCUT2D eigenvalue weighted by atomic mass is 10.1. The van der Waals surface area contributed by atoms with Crippen LogP contribution in [0, 0.1) is 0 Å². The van der Waals surface area contributed by atoms with Gasteiger partial charge in [-0.3, -0.25) is 9.36 Å². The van der Waals surface area contributed by atoms with Crippen molar-refractivity contribution in [3.8, 4) is 0 Å². The van der Waals surface area contributed by atoms with Crippen LogP contribution >= 0.6 is 8.18 Å². The third-order valence-electron chi connectivity index (χ3n) is 3.90. The van der Waals surface area contributed by atoms with Crippen molar-refractivity contribution in [1.82, 2.24) is 14.6 Å². The second-order valence-corrected chi connectivity index (χ2v) is 7.60. The summed E-state index contributed by atoms with van der Waals surface area (Å²) in [4.78, 5) is 27.2. The van der Waals surface area contributed by atoms with Crippen molar-refractivity contribution >= 4 is 20.0 Å². The number of nitrogen functional groups attached to an aromatic ring is 1. The number of aromatic nitrogens is 2. The molecular formula is C15H25N5O7P+. The highest BCUT2D eigenvalue weighted by Gasteiger charge is 2.44. The van der Waals surface area contributed by atoms with Gasteiger partial charge in [0.1, 0.15) is 30.7 Å². The van der Waals surface area contributed by atoms with E-state index < -0.39 is 50.4 Å². The molecule has 1 saturated heterocycles. The fourth-order valence-corrected chi connectivity index (χ4v) is 3.28. The number of rotatable bonds is 8. The Morgan fingerprint density at radius 3 is 2.79 bits per heavy atom. The zero-order valence-corrected chi connectivity index (χ0v) is 16.6. The lowest BCUT2D eigenvalue weighted by molar-refractivity contribution is -0.149. The molecule has 0 saturated carbocycles. The number of hydrogen-bond donors (Lipinski definition) is 4. The Kier molecular flexibility index (Phi) is 7.58. The molecule has 0 bridgehead atoms. The highest BCUT2D eigenvalue weighted by Crippen LogP contribution is 2.29. The summed E-state index contributed by atoms with van der Waals surface area (Å²) in [5, 5.41) is 12.7. The maximum absolute atomic E-state index is 12.0. The summed E-state index contributed by atoms with van der Waals surface area (Å²) in [7, 11) is -2.44. The number of nitrogens with zero attached hydrogens (tertiary/aromatic N) is 2. The second kappa shape index (κ2) is 9.50. The number of aliphatic hydroxyl groups excluding tert-OH is 1. The summed E-state index contributed by atoms with van der Waals surface area (Å²) < 4.78 is 28.8. The van der Waals surface area contributed by atoms with Gasteiger partial charge in [0.25, 0.3) is 0 Å². The van der Waals surface area contributed by atoms with E-state index in [-0.39, 0.29) is 18.5 Å². The molecule has 1 aliphatic heterocycles. The van der Waals surface area contributed by atoms with Crippen LogP contribution < -0.4 is 22.2 Å². The molecule has 1 aromatic heterocycles. The van der Waals surface area contributed by atoms with E-state index in [0.717, 1.165) is 4.57 Å². The van der Waals surface area contributed by atoms with Crippen LogP contribution in [0.3, 0.4) is 0 Å². The Morgan fingerprint density at radius 1 is 1.50 bits per heavy atom. The molecule has 0 aliphatic carbocycles. The predicted molar refractivity (Wildman–Crippen MR) is 98.2 cm³/mol. The van der Waals surface area contributed by atoms with Crippen LogP contribution in [0.25, 0.3) is 0 Å². The molecule has 0 amide bonds. The zero-order valence-electron chi connectivity index (χ0n) is 15.7. The first kappa shape index (κ1) is 22.3. The maximum Gasteiger partial charge on any atom is 0.613 e. The summed E-state index contributed by atoms with van der Waals surface area (Å²) in [6.07, 6.45) is -2.06. The van der Waals surface area contributed by atoms with Crippen LogP contribution in [0.4, 0.5) is 5.82 Å². The van der Waals surface area contributed by atoms with Crippen LogP contribution in [0.2, 0.25) is 0 Å². The number of ether oxygens (including phenoxy) is 2. The largest absolute Gasteiger partial charge is 0.613 e. The van der Waals surface area contributed by atoms with Crippen molar-refractivity contribution in [2.24, 2.45) is 5.73 Å². The molecule has 13 heteroatoms. The number of hydrogen-bond acceptors (Lipinski definition) is 10. The molecule has 2 heterocycles. The van der Waals surface area contributed by atoms with Gasteiger partial charge in [0, 0.05) is 6.20 Å². The Hall–Kier alpha value is -1.95. The highest BCUT2D eigenvalue weighted by atomic mass is 31.1. The summed E-state index contributed by atoms with van der Waals surface area (Å²) in [6.45, 7) is 4.59. The van der Waals surface area contributed by atoms with E-state index >= 15 is 0 Å². The van der Waals surface area contributed by atoms with Crippen molar-refractivity contribution in [3.05, 3.63) is 22.7 Å². The zero-order chi connectivity index (χ0) is 21.0. The molecule has 2 rings (SSSR count). The van der Waals surface area contributed by atoms with Crippen molar-refractivity contribution in [3.63, 3.8) is 0 Å². The van der Waals surface area contributed by atoms with Gasteiger partial charge < -0.3 is 26.0 Å². The molecule has 1 fully saturated rings. The number of nitrogens with one attached hydrogen (secondary N) is 1. The molecule has 6 atom stereocenters. The van der Waals surface area contributed by atoms with Gasteiger partial charge in [-0.05, 0) is 31.4 Å². The predicted octanol–water partition coefficient (Wildman–Crippen LogP) is -0.985. The van der Waals surface area contributed by atoms with E-state index in [1.807, 2.05) is 0 Å². The molecule has 0 aromatic carbocycles. The fraction of sp³-hybridized carbons (Fsp3) is 0.667. The van der Waals surface area contributed by atoms with E-state index in [9.17, 15) is 19.3 Å². The third kappa shape index (κ3) is 5.53. The van der Waals surface area contributed by atoms with Crippen molar-refractivity contribution in [1.29, 1.82) is 0 Å². The first-order valence-corrected chi connectivity index (χ1v) is 9.78. The lowest BCUT2D eigenvalue weighted by Crippen LogP contribution is -2.42. The molecule has 1 aliphatic rings. The average molecular weight is 418 g/mol. The molecule has 1 unspecified atom stereocenters. The van der Waals surface area contributed by atoms with E-state index in [0.29, 0.717) is 0 Å². The van der Waals surface area contributed by atoms with Gasteiger partial charge >= 0.3 is 19.8 Å². The van der Waals surface area contributed by atoms with E-state index in [2.05, 4.69) is 10.1 Å². The molecule has 156 valence electrons. The lowest BCUT2D eigenvalue weighted by Gasteiger charge is -2.17. The highest BCUT2D eigenvalue weighted by molar-refractivity contribution is 7.36. The van der Waals surface area contributed by atoms with Gasteiger partial charge in [-0.2, -0.15) is 4.98 Å². The monoisotopic (exact) mass is 418 g/mol. The molecule has 0 radical (unpaired) electrons. The minimum atomic E-state index is -2.44.